The van der Waals surface area contributed by atoms with Crippen LogP contribution in [0.3, 0.4) is 0 Å². The third-order valence-corrected chi connectivity index (χ3v) is 2.38. The Kier molecular flexibility index (Phi) is 3.89. The molecule has 1 aromatic carbocycles. The van der Waals surface area contributed by atoms with Crippen LogP contribution < -0.4 is 10.6 Å². The van der Waals surface area contributed by atoms with E-state index < -0.39 is 11.9 Å². The van der Waals surface area contributed by atoms with E-state index in [9.17, 15) is 14.4 Å². The first kappa shape index (κ1) is 14.1. The SMILES string of the molecule is O=C(O)/C=C\C(=O)O.O=C1C=c2cc3cnoc3cc2=N1. The highest BCUT2D eigenvalue weighted by Gasteiger charge is 2.06. The van der Waals surface area contributed by atoms with Gasteiger partial charge in [-0.25, -0.2) is 14.6 Å². The Morgan fingerprint density at radius 2 is 1.81 bits per heavy atom. The van der Waals surface area contributed by atoms with E-state index in [4.69, 9.17) is 14.7 Å². The molecule has 106 valence electrons. The maximum Gasteiger partial charge on any atom is 0.328 e. The molecule has 0 aliphatic carbocycles. The molecule has 1 aliphatic heterocycles. The Morgan fingerprint density at radius 3 is 2.43 bits per heavy atom. The zero-order valence-corrected chi connectivity index (χ0v) is 10.4. The number of aliphatic carboxylic acids is 2. The summed E-state index contributed by atoms with van der Waals surface area (Å²) in [6.45, 7) is 0. The zero-order chi connectivity index (χ0) is 15.4. The molecule has 8 heteroatoms. The second-order valence-corrected chi connectivity index (χ2v) is 3.88. The molecule has 3 rings (SSSR count). The molecule has 1 aliphatic rings. The fourth-order valence-corrected chi connectivity index (χ4v) is 1.56. The number of hydrogen-bond acceptors (Lipinski definition) is 5. The molecule has 1 amide bonds. The molecular weight excluding hydrogens is 280 g/mol. The summed E-state index contributed by atoms with van der Waals surface area (Å²) in [7, 11) is 0. The van der Waals surface area contributed by atoms with E-state index in [2.05, 4.69) is 10.1 Å². The number of benzene rings is 1. The first-order chi connectivity index (χ1) is 9.95. The van der Waals surface area contributed by atoms with Gasteiger partial charge in [-0.1, -0.05) is 5.16 Å². The molecule has 21 heavy (non-hydrogen) atoms. The first-order valence-electron chi connectivity index (χ1n) is 5.58. The fraction of sp³-hybridized carbons (Fsp3) is 0. The number of carbonyl (C=O) groups excluding carboxylic acids is 1. The van der Waals surface area contributed by atoms with Crippen molar-refractivity contribution in [1.82, 2.24) is 5.16 Å². The fourth-order valence-electron chi connectivity index (χ4n) is 1.56. The standard InChI is InChI=1S/C9H4N2O2.C4H4O4/c12-9-2-5-1-6-4-10-13-8(6)3-7(5)11-9;5-3(6)1-2-4(7)8/h1-4H;1-2H,(H,5,6)(H,7,8)/b;2-1-. The lowest BCUT2D eigenvalue weighted by atomic mass is 10.2. The molecule has 1 aromatic heterocycles. The number of carboxylic acids is 2. The normalized spacial score (nSPS) is 12.3. The van der Waals surface area contributed by atoms with Gasteiger partial charge in [-0.2, -0.15) is 0 Å². The van der Waals surface area contributed by atoms with Gasteiger partial charge in [0.15, 0.2) is 5.58 Å². The summed E-state index contributed by atoms with van der Waals surface area (Å²) in [6, 6.07) is 3.56. The Balaban J connectivity index is 0.000000177. The molecule has 0 saturated carbocycles. The van der Waals surface area contributed by atoms with E-state index in [0.717, 1.165) is 10.6 Å². The Labute approximate surface area is 116 Å². The van der Waals surface area contributed by atoms with Crippen molar-refractivity contribution in [3.63, 3.8) is 0 Å². The van der Waals surface area contributed by atoms with Crippen LogP contribution in [0.2, 0.25) is 0 Å². The van der Waals surface area contributed by atoms with Gasteiger partial charge in [0, 0.05) is 34.9 Å². The molecule has 0 bridgehead atoms. The second-order valence-electron chi connectivity index (χ2n) is 3.88. The van der Waals surface area contributed by atoms with Crippen LogP contribution in [0.1, 0.15) is 0 Å². The van der Waals surface area contributed by atoms with E-state index >= 15 is 0 Å². The second kappa shape index (κ2) is 5.78. The van der Waals surface area contributed by atoms with E-state index in [-0.39, 0.29) is 5.91 Å². The third-order valence-electron chi connectivity index (χ3n) is 2.38. The molecular formula is C13H8N2O6. The maximum atomic E-state index is 10.9. The number of fused-ring (bicyclic) bond motifs is 2. The molecule has 0 spiro atoms. The number of hydrogen-bond donors (Lipinski definition) is 2. The predicted molar refractivity (Wildman–Crippen MR) is 68.7 cm³/mol. The van der Waals surface area contributed by atoms with Gasteiger partial charge in [-0.3, -0.25) is 4.79 Å². The zero-order valence-electron chi connectivity index (χ0n) is 10.4. The average molecular weight is 288 g/mol. The topological polar surface area (TPSA) is 130 Å². The Hall–Kier alpha value is -3.29. The number of amides is 1. The van der Waals surface area contributed by atoms with Crippen LogP contribution in [-0.2, 0) is 14.4 Å². The van der Waals surface area contributed by atoms with Gasteiger partial charge < -0.3 is 14.7 Å². The number of aromatic nitrogens is 1. The lowest BCUT2D eigenvalue weighted by Crippen LogP contribution is -2.20. The van der Waals surface area contributed by atoms with Gasteiger partial charge in [0.2, 0.25) is 0 Å². The minimum atomic E-state index is -1.26. The molecule has 0 unspecified atom stereocenters. The van der Waals surface area contributed by atoms with Gasteiger partial charge in [0.1, 0.15) is 0 Å². The quantitative estimate of drug-likeness (QED) is 0.711. The van der Waals surface area contributed by atoms with Crippen LogP contribution in [-0.4, -0.2) is 33.2 Å². The molecule has 8 nitrogen and oxygen atoms in total. The number of rotatable bonds is 2. The van der Waals surface area contributed by atoms with Crippen molar-refractivity contribution in [2.75, 3.05) is 0 Å². The molecule has 0 atom stereocenters. The van der Waals surface area contributed by atoms with Crippen LogP contribution in [0.15, 0.2) is 40.0 Å². The molecule has 0 fully saturated rings. The smallest absolute Gasteiger partial charge is 0.328 e. The summed E-state index contributed by atoms with van der Waals surface area (Å²) in [5, 5.41) is 21.7. The number of carbonyl (C=O) groups is 3. The summed E-state index contributed by atoms with van der Waals surface area (Å²) in [5.41, 5.74) is 0.658. The molecule has 2 N–H and O–H groups in total. The van der Waals surface area contributed by atoms with E-state index in [1.165, 1.54) is 6.08 Å². The van der Waals surface area contributed by atoms with E-state index in [1.807, 2.05) is 6.07 Å². The monoisotopic (exact) mass is 288 g/mol. The van der Waals surface area contributed by atoms with Crippen molar-refractivity contribution in [2.24, 2.45) is 4.99 Å². The highest BCUT2D eigenvalue weighted by molar-refractivity contribution is 6.06. The molecule has 0 saturated heterocycles. The highest BCUT2D eigenvalue weighted by atomic mass is 16.5. The van der Waals surface area contributed by atoms with Crippen LogP contribution >= 0.6 is 0 Å². The average Bonchev–Trinajstić information content (AvgIpc) is 2.98. The van der Waals surface area contributed by atoms with Crippen molar-refractivity contribution >= 4 is 34.9 Å². The van der Waals surface area contributed by atoms with Crippen molar-refractivity contribution in [3.05, 3.63) is 41.1 Å². The summed E-state index contributed by atoms with van der Waals surface area (Å²) in [5.74, 6) is -2.73. The molecule has 2 aromatic rings. The summed E-state index contributed by atoms with van der Waals surface area (Å²) in [4.78, 5) is 33.8. The van der Waals surface area contributed by atoms with Gasteiger partial charge in [-0.15, -0.1) is 0 Å². The minimum absolute atomic E-state index is 0.212. The van der Waals surface area contributed by atoms with Crippen molar-refractivity contribution in [2.45, 2.75) is 0 Å². The molecule has 2 heterocycles. The van der Waals surface area contributed by atoms with Gasteiger partial charge in [0.05, 0.1) is 11.6 Å². The minimum Gasteiger partial charge on any atom is -0.478 e. The lowest BCUT2D eigenvalue weighted by Gasteiger charge is -1.83. The maximum absolute atomic E-state index is 10.9. The largest absolute Gasteiger partial charge is 0.478 e. The van der Waals surface area contributed by atoms with E-state index in [1.54, 1.807) is 12.3 Å². The highest BCUT2D eigenvalue weighted by Crippen LogP contribution is 2.07. The van der Waals surface area contributed by atoms with E-state index in [0.29, 0.717) is 23.1 Å². The van der Waals surface area contributed by atoms with Crippen LogP contribution in [0, 0.1) is 0 Å². The Morgan fingerprint density at radius 1 is 1.14 bits per heavy atom. The summed E-state index contributed by atoms with van der Waals surface area (Å²) < 4.78 is 4.94. The predicted octanol–water partition coefficient (Wildman–Crippen LogP) is -0.520. The van der Waals surface area contributed by atoms with Crippen LogP contribution in [0.4, 0.5) is 0 Å². The molecule has 0 radical (unpaired) electrons. The lowest BCUT2D eigenvalue weighted by molar-refractivity contribution is -0.134. The van der Waals surface area contributed by atoms with Crippen molar-refractivity contribution in [1.29, 1.82) is 0 Å². The Bertz CT molecular complexity index is 810. The van der Waals surface area contributed by atoms with Crippen molar-refractivity contribution < 1.29 is 29.1 Å². The van der Waals surface area contributed by atoms with Crippen LogP contribution in [0.25, 0.3) is 17.0 Å². The van der Waals surface area contributed by atoms with Crippen LogP contribution in [0.5, 0.6) is 0 Å². The number of nitrogens with zero attached hydrogens (tertiary/aromatic N) is 2. The van der Waals surface area contributed by atoms with Gasteiger partial charge >= 0.3 is 11.9 Å². The third kappa shape index (κ3) is 3.60. The first-order valence-corrected chi connectivity index (χ1v) is 5.58. The van der Waals surface area contributed by atoms with Crippen molar-refractivity contribution in [3.8, 4) is 0 Å². The number of carboxylic acid groups (broad SMARTS) is 2. The van der Waals surface area contributed by atoms with Gasteiger partial charge in [0.25, 0.3) is 5.91 Å². The summed E-state index contributed by atoms with van der Waals surface area (Å²) >= 11 is 0. The summed E-state index contributed by atoms with van der Waals surface area (Å²) in [6.07, 6.45) is 4.23. The van der Waals surface area contributed by atoms with Gasteiger partial charge in [-0.05, 0) is 6.07 Å².